The van der Waals surface area contributed by atoms with E-state index in [1.54, 1.807) is 4.90 Å². The van der Waals surface area contributed by atoms with Crippen molar-refractivity contribution in [3.05, 3.63) is 60.2 Å². The first-order chi connectivity index (χ1) is 12.8. The molecule has 0 saturated carbocycles. The first kappa shape index (κ1) is 18.8. The van der Waals surface area contributed by atoms with Crippen molar-refractivity contribution in [2.45, 2.75) is 19.3 Å². The predicted octanol–water partition coefficient (Wildman–Crippen LogP) is 3.25. The van der Waals surface area contributed by atoms with Gasteiger partial charge in [0.05, 0.1) is 0 Å². The maximum absolute atomic E-state index is 12.5. The van der Waals surface area contributed by atoms with Gasteiger partial charge in [0, 0.05) is 18.8 Å². The van der Waals surface area contributed by atoms with Crippen molar-refractivity contribution in [2.75, 3.05) is 11.4 Å². The molecule has 1 atom stereocenters. The van der Waals surface area contributed by atoms with E-state index in [0.29, 0.717) is 18.5 Å². The Balaban J connectivity index is 1.54. The number of carbonyl (C=O) groups excluding carboxylic acids is 2. The third-order valence-corrected chi connectivity index (χ3v) is 4.21. The summed E-state index contributed by atoms with van der Waals surface area (Å²) in [5.74, 6) is -1.75. The molecule has 2 aromatic carbocycles. The fourth-order valence-corrected chi connectivity index (χ4v) is 2.91. The van der Waals surface area contributed by atoms with Crippen molar-refractivity contribution in [1.82, 2.24) is 5.32 Å². The van der Waals surface area contributed by atoms with Gasteiger partial charge in [-0.3, -0.25) is 9.59 Å². The van der Waals surface area contributed by atoms with E-state index < -0.39 is 18.2 Å². The summed E-state index contributed by atoms with van der Waals surface area (Å²) in [4.78, 5) is 26.4. The SMILES string of the molecule is O=C(NCc1ccc(OC(F)(F)F)cc1)[C@@H]1CCN(c2ccccc2)C1=O. The summed E-state index contributed by atoms with van der Waals surface area (Å²) in [7, 11) is 0. The van der Waals surface area contributed by atoms with E-state index in [0.717, 1.165) is 5.69 Å². The first-order valence-corrected chi connectivity index (χ1v) is 8.32. The lowest BCUT2D eigenvalue weighted by Crippen LogP contribution is -2.36. The van der Waals surface area contributed by atoms with Crippen LogP contribution in [-0.2, 0) is 16.1 Å². The second-order valence-corrected chi connectivity index (χ2v) is 6.08. The number of nitrogens with zero attached hydrogens (tertiary/aromatic N) is 1. The van der Waals surface area contributed by atoms with Crippen LogP contribution in [0.1, 0.15) is 12.0 Å². The van der Waals surface area contributed by atoms with Crippen LogP contribution in [0.3, 0.4) is 0 Å². The Morgan fingerprint density at radius 1 is 1.11 bits per heavy atom. The molecule has 0 bridgehead atoms. The molecule has 1 saturated heterocycles. The third kappa shape index (κ3) is 4.78. The van der Waals surface area contributed by atoms with E-state index in [2.05, 4.69) is 10.1 Å². The van der Waals surface area contributed by atoms with Crippen molar-refractivity contribution in [3.63, 3.8) is 0 Å². The molecule has 142 valence electrons. The molecule has 0 aromatic heterocycles. The number of carbonyl (C=O) groups is 2. The van der Waals surface area contributed by atoms with Crippen molar-refractivity contribution in [3.8, 4) is 5.75 Å². The van der Waals surface area contributed by atoms with E-state index in [9.17, 15) is 22.8 Å². The molecule has 1 N–H and O–H groups in total. The smallest absolute Gasteiger partial charge is 0.406 e. The summed E-state index contributed by atoms with van der Waals surface area (Å²) in [5, 5.41) is 2.66. The van der Waals surface area contributed by atoms with Crippen LogP contribution in [0.25, 0.3) is 0 Å². The van der Waals surface area contributed by atoms with Gasteiger partial charge in [0.1, 0.15) is 11.7 Å². The minimum Gasteiger partial charge on any atom is -0.406 e. The average molecular weight is 378 g/mol. The van der Waals surface area contributed by atoms with E-state index in [1.807, 2.05) is 30.3 Å². The van der Waals surface area contributed by atoms with Crippen LogP contribution in [0.15, 0.2) is 54.6 Å². The highest BCUT2D eigenvalue weighted by Gasteiger charge is 2.37. The van der Waals surface area contributed by atoms with Crippen molar-refractivity contribution in [2.24, 2.45) is 5.92 Å². The van der Waals surface area contributed by atoms with Crippen molar-refractivity contribution in [1.29, 1.82) is 0 Å². The zero-order valence-electron chi connectivity index (χ0n) is 14.2. The molecule has 2 aromatic rings. The van der Waals surface area contributed by atoms with Gasteiger partial charge in [0.2, 0.25) is 11.8 Å². The van der Waals surface area contributed by atoms with Crippen LogP contribution < -0.4 is 15.0 Å². The van der Waals surface area contributed by atoms with Gasteiger partial charge in [0.25, 0.3) is 0 Å². The van der Waals surface area contributed by atoms with Gasteiger partial charge in [-0.2, -0.15) is 0 Å². The van der Waals surface area contributed by atoms with Gasteiger partial charge < -0.3 is 15.0 Å². The molecule has 8 heteroatoms. The van der Waals surface area contributed by atoms with Crippen LogP contribution in [0.4, 0.5) is 18.9 Å². The number of rotatable bonds is 5. The zero-order chi connectivity index (χ0) is 19.4. The number of anilines is 1. The minimum absolute atomic E-state index is 0.111. The molecule has 3 rings (SSSR count). The predicted molar refractivity (Wildman–Crippen MR) is 91.9 cm³/mol. The molecule has 0 spiro atoms. The molecule has 27 heavy (non-hydrogen) atoms. The largest absolute Gasteiger partial charge is 0.573 e. The first-order valence-electron chi connectivity index (χ1n) is 8.32. The number of benzene rings is 2. The maximum Gasteiger partial charge on any atom is 0.573 e. The second kappa shape index (κ2) is 7.69. The van der Waals surface area contributed by atoms with Crippen LogP contribution >= 0.6 is 0 Å². The number of amides is 2. The van der Waals surface area contributed by atoms with Gasteiger partial charge in [-0.15, -0.1) is 13.2 Å². The monoisotopic (exact) mass is 378 g/mol. The molecule has 0 aliphatic carbocycles. The summed E-state index contributed by atoms with van der Waals surface area (Å²) in [6.07, 6.45) is -4.33. The number of alkyl halides is 3. The Labute approximate surface area is 153 Å². The van der Waals surface area contributed by atoms with Gasteiger partial charge in [-0.1, -0.05) is 30.3 Å². The van der Waals surface area contributed by atoms with E-state index in [4.69, 9.17) is 0 Å². The Morgan fingerprint density at radius 2 is 1.78 bits per heavy atom. The van der Waals surface area contributed by atoms with E-state index >= 15 is 0 Å². The van der Waals surface area contributed by atoms with Gasteiger partial charge in [0.15, 0.2) is 0 Å². The van der Waals surface area contributed by atoms with Crippen LogP contribution in [0.5, 0.6) is 5.75 Å². The lowest BCUT2D eigenvalue weighted by molar-refractivity contribution is -0.274. The van der Waals surface area contributed by atoms with E-state index in [-0.39, 0.29) is 18.2 Å². The maximum atomic E-state index is 12.5. The summed E-state index contributed by atoms with van der Waals surface area (Å²) in [6.45, 7) is 0.574. The zero-order valence-corrected chi connectivity index (χ0v) is 14.2. The van der Waals surface area contributed by atoms with Gasteiger partial charge in [-0.05, 0) is 36.2 Å². The fraction of sp³-hybridized carbons (Fsp3) is 0.263. The molecular weight excluding hydrogens is 361 g/mol. The van der Waals surface area contributed by atoms with Crippen LogP contribution in [0, 0.1) is 5.92 Å². The standard InChI is InChI=1S/C19H17F3N2O3/c20-19(21,22)27-15-8-6-13(7-9-15)12-23-17(25)16-10-11-24(18(16)26)14-4-2-1-3-5-14/h1-9,16H,10-12H2,(H,23,25)/t16-/m0/s1. The normalized spacial score (nSPS) is 17.1. The minimum atomic E-state index is -4.75. The van der Waals surface area contributed by atoms with Crippen molar-refractivity contribution >= 4 is 17.5 Å². The van der Waals surface area contributed by atoms with E-state index in [1.165, 1.54) is 24.3 Å². The fourth-order valence-electron chi connectivity index (χ4n) is 2.91. The third-order valence-electron chi connectivity index (χ3n) is 4.21. The molecule has 0 radical (unpaired) electrons. The van der Waals surface area contributed by atoms with Gasteiger partial charge in [-0.25, -0.2) is 0 Å². The van der Waals surface area contributed by atoms with Crippen LogP contribution in [-0.4, -0.2) is 24.7 Å². The number of nitrogens with one attached hydrogen (secondary N) is 1. The summed E-state index contributed by atoms with van der Waals surface area (Å²) < 4.78 is 40.2. The van der Waals surface area contributed by atoms with Crippen molar-refractivity contribution < 1.29 is 27.5 Å². The average Bonchev–Trinajstić information content (AvgIpc) is 3.02. The number of hydrogen-bond acceptors (Lipinski definition) is 3. The number of para-hydroxylation sites is 1. The Morgan fingerprint density at radius 3 is 2.41 bits per heavy atom. The molecule has 1 fully saturated rings. The topological polar surface area (TPSA) is 58.6 Å². The van der Waals surface area contributed by atoms with Gasteiger partial charge >= 0.3 is 6.36 Å². The molecule has 2 amide bonds. The highest BCUT2D eigenvalue weighted by molar-refractivity contribution is 6.09. The molecular formula is C19H17F3N2O3. The Hall–Kier alpha value is -3.03. The molecule has 1 aliphatic rings. The Kier molecular flexibility index (Phi) is 5.34. The molecule has 1 heterocycles. The highest BCUT2D eigenvalue weighted by Crippen LogP contribution is 2.25. The molecule has 1 aliphatic heterocycles. The second-order valence-electron chi connectivity index (χ2n) is 6.08. The lowest BCUT2D eigenvalue weighted by atomic mass is 10.1. The van der Waals surface area contributed by atoms with Crippen LogP contribution in [0.2, 0.25) is 0 Å². The quantitative estimate of drug-likeness (QED) is 0.813. The summed E-state index contributed by atoms with van der Waals surface area (Å²) in [5.41, 5.74) is 1.35. The number of halogens is 3. The molecule has 0 unspecified atom stereocenters. The molecule has 5 nitrogen and oxygen atoms in total. The lowest BCUT2D eigenvalue weighted by Gasteiger charge is -2.16. The number of ether oxygens (including phenoxy) is 1. The Bertz CT molecular complexity index is 807. The summed E-state index contributed by atoms with van der Waals surface area (Å²) in [6, 6.07) is 14.3. The highest BCUT2D eigenvalue weighted by atomic mass is 19.4. The summed E-state index contributed by atoms with van der Waals surface area (Å²) >= 11 is 0. The number of hydrogen-bond donors (Lipinski definition) is 1.